The SMILES string of the molecule is COc1cccc(CN2C(=O)N(Cc3cccc(OC)c3)N(Cc3ccccc3)C[C@@H](OCOCC[Si](C)(C)C)[C@H]2Cc2ccccc2)c1. The Kier molecular flexibility index (Phi) is 12.9. The summed E-state index contributed by atoms with van der Waals surface area (Å²) in [6.45, 7) is 9.65. The first-order chi connectivity index (χ1) is 23.7. The van der Waals surface area contributed by atoms with E-state index in [-0.39, 0.29) is 25.0 Å². The fraction of sp³-hybridized carbons (Fsp3) is 0.375. The topological polar surface area (TPSA) is 63.7 Å². The Morgan fingerprint density at radius 2 is 1.27 bits per heavy atom. The minimum atomic E-state index is -1.27. The minimum absolute atomic E-state index is 0.0896. The molecule has 0 unspecified atom stereocenters. The van der Waals surface area contributed by atoms with Gasteiger partial charge in [0.05, 0.1) is 32.9 Å². The molecule has 0 aromatic heterocycles. The quantitative estimate of drug-likeness (QED) is 0.0682. The number of hydrazine groups is 1. The summed E-state index contributed by atoms with van der Waals surface area (Å²) in [6, 6.07) is 37.2. The number of urea groups is 1. The van der Waals surface area contributed by atoms with Crippen LogP contribution in [0.5, 0.6) is 11.5 Å². The lowest BCUT2D eigenvalue weighted by molar-refractivity contribution is -0.118. The summed E-state index contributed by atoms with van der Waals surface area (Å²) in [6.07, 6.45) is 0.281. The molecule has 1 heterocycles. The average Bonchev–Trinajstić information content (AvgIpc) is 3.19. The zero-order valence-corrected chi connectivity index (χ0v) is 30.6. The number of carbonyl (C=O) groups is 1. The summed E-state index contributed by atoms with van der Waals surface area (Å²) in [5, 5.41) is 4.03. The lowest BCUT2D eigenvalue weighted by atomic mass is 9.98. The molecule has 5 rings (SSSR count). The molecule has 0 saturated carbocycles. The van der Waals surface area contributed by atoms with Crippen LogP contribution in [0.4, 0.5) is 4.79 Å². The first kappa shape index (κ1) is 36.1. The number of carbonyl (C=O) groups excluding carboxylic acids is 1. The van der Waals surface area contributed by atoms with Crippen LogP contribution in [0, 0.1) is 0 Å². The van der Waals surface area contributed by atoms with Crippen molar-refractivity contribution in [2.24, 2.45) is 0 Å². The van der Waals surface area contributed by atoms with Crippen molar-refractivity contribution in [3.05, 3.63) is 131 Å². The van der Waals surface area contributed by atoms with E-state index in [4.69, 9.17) is 18.9 Å². The molecular weight excluding hydrogens is 631 g/mol. The molecule has 0 aliphatic carbocycles. The van der Waals surface area contributed by atoms with Crippen molar-refractivity contribution >= 4 is 14.1 Å². The second-order valence-corrected chi connectivity index (χ2v) is 19.4. The Hall–Kier alpha value is -4.15. The Balaban J connectivity index is 1.56. The number of hydrogen-bond donors (Lipinski definition) is 0. The van der Waals surface area contributed by atoms with Crippen molar-refractivity contribution in [3.63, 3.8) is 0 Å². The molecule has 0 radical (unpaired) electrons. The van der Waals surface area contributed by atoms with E-state index in [1.165, 1.54) is 0 Å². The van der Waals surface area contributed by atoms with Gasteiger partial charge in [-0.15, -0.1) is 0 Å². The predicted molar refractivity (Wildman–Crippen MR) is 197 cm³/mol. The van der Waals surface area contributed by atoms with Crippen LogP contribution in [0.25, 0.3) is 0 Å². The van der Waals surface area contributed by atoms with Crippen LogP contribution in [-0.2, 0) is 35.5 Å². The van der Waals surface area contributed by atoms with Gasteiger partial charge in [-0.2, -0.15) is 0 Å². The van der Waals surface area contributed by atoms with Crippen LogP contribution in [-0.4, -0.2) is 75.3 Å². The molecule has 1 saturated heterocycles. The number of benzene rings is 4. The van der Waals surface area contributed by atoms with E-state index in [0.717, 1.165) is 39.8 Å². The van der Waals surface area contributed by atoms with Crippen LogP contribution in [0.15, 0.2) is 109 Å². The summed E-state index contributed by atoms with van der Waals surface area (Å²) in [7, 11) is 2.06. The van der Waals surface area contributed by atoms with Gasteiger partial charge in [0.1, 0.15) is 18.3 Å². The zero-order chi connectivity index (χ0) is 34.6. The Labute approximate surface area is 293 Å². The van der Waals surface area contributed by atoms with Gasteiger partial charge in [0.25, 0.3) is 0 Å². The van der Waals surface area contributed by atoms with Gasteiger partial charge in [-0.1, -0.05) is 105 Å². The summed E-state index contributed by atoms with van der Waals surface area (Å²) in [5.41, 5.74) is 4.20. The fourth-order valence-corrected chi connectivity index (χ4v) is 6.84. The molecule has 9 heteroatoms. The third-order valence-corrected chi connectivity index (χ3v) is 10.5. The van der Waals surface area contributed by atoms with Crippen LogP contribution < -0.4 is 9.47 Å². The number of rotatable bonds is 16. The van der Waals surface area contributed by atoms with Crippen LogP contribution in [0.2, 0.25) is 25.7 Å². The van der Waals surface area contributed by atoms with Gasteiger partial charge >= 0.3 is 6.03 Å². The molecule has 4 aromatic carbocycles. The van der Waals surface area contributed by atoms with E-state index in [1.54, 1.807) is 14.2 Å². The standard InChI is InChI=1S/C40H51N3O5Si/c1-45-36-20-12-18-34(24-36)28-42-38(26-32-14-8-6-9-15-32)39(48-31-47-22-23-49(3,4)5)30-41(27-33-16-10-7-11-17-33)43(40(42)44)29-35-19-13-21-37(25-35)46-2/h6-21,24-25,38-39H,22-23,26-31H2,1-5H3/t38-,39-/m1/s1. The van der Waals surface area contributed by atoms with E-state index in [0.29, 0.717) is 39.2 Å². The van der Waals surface area contributed by atoms with Gasteiger partial charge in [-0.25, -0.2) is 9.80 Å². The van der Waals surface area contributed by atoms with E-state index in [1.807, 2.05) is 94.8 Å². The van der Waals surface area contributed by atoms with Crippen molar-refractivity contribution in [3.8, 4) is 11.5 Å². The monoisotopic (exact) mass is 681 g/mol. The third kappa shape index (κ3) is 10.7. The lowest BCUT2D eigenvalue weighted by Gasteiger charge is -2.36. The molecule has 0 bridgehead atoms. The van der Waals surface area contributed by atoms with Crippen molar-refractivity contribution < 1.29 is 23.7 Å². The predicted octanol–water partition coefficient (Wildman–Crippen LogP) is 7.87. The zero-order valence-electron chi connectivity index (χ0n) is 29.6. The van der Waals surface area contributed by atoms with E-state index < -0.39 is 8.07 Å². The smallest absolute Gasteiger partial charge is 0.335 e. The molecule has 4 aromatic rings. The molecule has 0 spiro atoms. The molecule has 260 valence electrons. The van der Waals surface area contributed by atoms with Gasteiger partial charge in [-0.3, -0.25) is 5.01 Å². The van der Waals surface area contributed by atoms with Crippen LogP contribution in [0.1, 0.15) is 22.3 Å². The van der Waals surface area contributed by atoms with Gasteiger partial charge in [0.15, 0.2) is 0 Å². The number of amides is 2. The van der Waals surface area contributed by atoms with Crippen LogP contribution in [0.3, 0.4) is 0 Å². The first-order valence-corrected chi connectivity index (χ1v) is 20.8. The normalized spacial score (nSPS) is 17.2. The fourth-order valence-electron chi connectivity index (χ4n) is 6.08. The van der Waals surface area contributed by atoms with Crippen molar-refractivity contribution in [1.82, 2.24) is 14.9 Å². The molecule has 1 fully saturated rings. The van der Waals surface area contributed by atoms with Gasteiger partial charge in [0.2, 0.25) is 0 Å². The maximum absolute atomic E-state index is 15.2. The van der Waals surface area contributed by atoms with Crippen molar-refractivity contribution in [1.29, 1.82) is 0 Å². The van der Waals surface area contributed by atoms with E-state index in [9.17, 15) is 0 Å². The Morgan fingerprint density at radius 3 is 1.86 bits per heavy atom. The van der Waals surface area contributed by atoms with E-state index >= 15 is 4.79 Å². The molecule has 49 heavy (non-hydrogen) atoms. The second kappa shape index (κ2) is 17.5. The maximum Gasteiger partial charge on any atom is 0.335 e. The summed E-state index contributed by atoms with van der Waals surface area (Å²) >= 11 is 0. The molecule has 8 nitrogen and oxygen atoms in total. The summed E-state index contributed by atoms with van der Waals surface area (Å²) < 4.78 is 24.0. The molecule has 2 atom stereocenters. The highest BCUT2D eigenvalue weighted by molar-refractivity contribution is 6.76. The van der Waals surface area contributed by atoms with Crippen molar-refractivity contribution in [2.45, 2.75) is 63.9 Å². The Bertz CT molecular complexity index is 1600. The molecule has 0 N–H and O–H groups in total. The van der Waals surface area contributed by atoms with Crippen molar-refractivity contribution in [2.75, 3.05) is 34.2 Å². The molecule has 2 amide bonds. The van der Waals surface area contributed by atoms with Gasteiger partial charge in [0, 0.05) is 34.3 Å². The number of ether oxygens (including phenoxy) is 4. The van der Waals surface area contributed by atoms with Crippen LogP contribution >= 0.6 is 0 Å². The highest BCUT2D eigenvalue weighted by Crippen LogP contribution is 2.29. The highest BCUT2D eigenvalue weighted by Gasteiger charge is 2.41. The molecule has 1 aliphatic heterocycles. The van der Waals surface area contributed by atoms with Gasteiger partial charge in [-0.05, 0) is 59.0 Å². The second-order valence-electron chi connectivity index (χ2n) is 13.8. The summed E-state index contributed by atoms with van der Waals surface area (Å²) in [4.78, 5) is 17.1. The highest BCUT2D eigenvalue weighted by atomic mass is 28.3. The average molecular weight is 682 g/mol. The number of hydrogen-bond acceptors (Lipinski definition) is 6. The lowest BCUT2D eigenvalue weighted by Crippen LogP contribution is -2.51. The molecular formula is C40H51N3O5Si. The first-order valence-electron chi connectivity index (χ1n) is 17.1. The largest absolute Gasteiger partial charge is 0.497 e. The molecule has 1 aliphatic rings. The van der Waals surface area contributed by atoms with Gasteiger partial charge < -0.3 is 23.8 Å². The maximum atomic E-state index is 15.2. The minimum Gasteiger partial charge on any atom is -0.497 e. The third-order valence-electron chi connectivity index (χ3n) is 8.84. The Morgan fingerprint density at radius 1 is 0.694 bits per heavy atom. The summed E-state index contributed by atoms with van der Waals surface area (Å²) in [5.74, 6) is 1.50. The number of methoxy groups -OCH3 is 2. The number of nitrogens with zero attached hydrogens (tertiary/aromatic N) is 3. The van der Waals surface area contributed by atoms with E-state index in [2.05, 4.69) is 48.9 Å².